The fourth-order valence-corrected chi connectivity index (χ4v) is 2.19. The van der Waals surface area contributed by atoms with Crippen molar-refractivity contribution in [2.24, 2.45) is 0 Å². The van der Waals surface area contributed by atoms with Gasteiger partial charge in [-0.05, 0) is 48.2 Å². The van der Waals surface area contributed by atoms with E-state index in [1.165, 1.54) is 10.5 Å². The van der Waals surface area contributed by atoms with Crippen LogP contribution < -0.4 is 5.32 Å². The third kappa shape index (κ3) is 3.79. The fourth-order valence-electron chi connectivity index (χ4n) is 1.52. The molecule has 1 nitrogen and oxygen atoms in total. The molecular weight excluding hydrogens is 294 g/mol. The van der Waals surface area contributed by atoms with Crippen molar-refractivity contribution in [3.8, 4) is 0 Å². The van der Waals surface area contributed by atoms with Gasteiger partial charge < -0.3 is 5.32 Å². The molecule has 0 amide bonds. The number of rotatable bonds is 4. The minimum Gasteiger partial charge on any atom is -0.381 e. The Kier molecular flexibility index (Phi) is 4.51. The highest BCUT2D eigenvalue weighted by Gasteiger charge is 1.95. The second-order valence-corrected chi connectivity index (χ2v) is 5.50. The quantitative estimate of drug-likeness (QED) is 0.816. The molecular formula is C14H14BrNS. The van der Waals surface area contributed by atoms with Gasteiger partial charge in [0.2, 0.25) is 0 Å². The van der Waals surface area contributed by atoms with Gasteiger partial charge in [0.15, 0.2) is 0 Å². The van der Waals surface area contributed by atoms with Crippen LogP contribution in [0.1, 0.15) is 5.56 Å². The maximum atomic E-state index is 3.43. The van der Waals surface area contributed by atoms with E-state index >= 15 is 0 Å². The molecule has 0 heterocycles. The van der Waals surface area contributed by atoms with E-state index in [9.17, 15) is 0 Å². The predicted molar refractivity (Wildman–Crippen MR) is 79.7 cm³/mol. The number of hydrogen-bond donors (Lipinski definition) is 1. The largest absolute Gasteiger partial charge is 0.381 e. The Bertz CT molecular complexity index is 465. The lowest BCUT2D eigenvalue weighted by Gasteiger charge is -2.07. The molecule has 0 aliphatic heterocycles. The fraction of sp³-hybridized carbons (Fsp3) is 0.143. The maximum Gasteiger partial charge on any atom is 0.0400 e. The summed E-state index contributed by atoms with van der Waals surface area (Å²) in [4.78, 5) is 1.30. The highest BCUT2D eigenvalue weighted by molar-refractivity contribution is 9.10. The number of benzene rings is 2. The Morgan fingerprint density at radius 2 is 1.65 bits per heavy atom. The third-order valence-electron chi connectivity index (χ3n) is 2.50. The van der Waals surface area contributed by atoms with E-state index in [2.05, 4.69) is 63.9 Å². The molecule has 2 aromatic rings. The van der Waals surface area contributed by atoms with Crippen LogP contribution in [-0.2, 0) is 6.54 Å². The average Bonchev–Trinajstić information content (AvgIpc) is 2.39. The van der Waals surface area contributed by atoms with Crippen LogP contribution in [0.25, 0.3) is 0 Å². The van der Waals surface area contributed by atoms with Crippen LogP contribution in [0.4, 0.5) is 5.69 Å². The maximum absolute atomic E-state index is 3.43. The van der Waals surface area contributed by atoms with Crippen LogP contribution in [-0.4, -0.2) is 6.26 Å². The first kappa shape index (κ1) is 12.5. The molecule has 2 rings (SSSR count). The second-order valence-electron chi connectivity index (χ2n) is 3.71. The SMILES string of the molecule is CSc1ccc(CNc2ccc(Br)cc2)cc1. The summed E-state index contributed by atoms with van der Waals surface area (Å²) >= 11 is 5.20. The highest BCUT2D eigenvalue weighted by atomic mass is 79.9. The summed E-state index contributed by atoms with van der Waals surface area (Å²) in [6.45, 7) is 0.857. The molecule has 0 unspecified atom stereocenters. The van der Waals surface area contributed by atoms with E-state index in [1.54, 1.807) is 11.8 Å². The van der Waals surface area contributed by atoms with E-state index in [4.69, 9.17) is 0 Å². The third-order valence-corrected chi connectivity index (χ3v) is 3.77. The summed E-state index contributed by atoms with van der Waals surface area (Å²) in [7, 11) is 0. The average molecular weight is 308 g/mol. The Hall–Kier alpha value is -0.930. The summed E-state index contributed by atoms with van der Waals surface area (Å²) in [5, 5.41) is 3.40. The van der Waals surface area contributed by atoms with Crippen molar-refractivity contribution in [2.45, 2.75) is 11.4 Å². The molecule has 88 valence electrons. The molecule has 0 fully saturated rings. The standard InChI is InChI=1S/C14H14BrNS/c1-17-14-8-2-11(3-9-14)10-16-13-6-4-12(15)5-7-13/h2-9,16H,10H2,1H3. The zero-order valence-electron chi connectivity index (χ0n) is 9.61. The summed E-state index contributed by atoms with van der Waals surface area (Å²) in [6, 6.07) is 16.9. The van der Waals surface area contributed by atoms with Gasteiger partial charge >= 0.3 is 0 Å². The molecule has 0 saturated heterocycles. The topological polar surface area (TPSA) is 12.0 Å². The zero-order valence-corrected chi connectivity index (χ0v) is 12.0. The van der Waals surface area contributed by atoms with Gasteiger partial charge in [0.25, 0.3) is 0 Å². The van der Waals surface area contributed by atoms with Crippen LogP contribution >= 0.6 is 27.7 Å². The van der Waals surface area contributed by atoms with E-state index in [1.807, 2.05) is 12.1 Å². The summed E-state index contributed by atoms with van der Waals surface area (Å²) in [5.41, 5.74) is 2.44. The Morgan fingerprint density at radius 1 is 1.00 bits per heavy atom. The van der Waals surface area contributed by atoms with Crippen molar-refractivity contribution in [3.05, 3.63) is 58.6 Å². The van der Waals surface area contributed by atoms with Crippen LogP contribution in [0.2, 0.25) is 0 Å². The van der Waals surface area contributed by atoms with Crippen molar-refractivity contribution in [1.29, 1.82) is 0 Å². The first-order chi connectivity index (χ1) is 8.28. The Morgan fingerprint density at radius 3 is 2.24 bits per heavy atom. The Labute approximate surface area is 115 Å². The van der Waals surface area contributed by atoms with Gasteiger partial charge in [-0.3, -0.25) is 0 Å². The number of nitrogens with one attached hydrogen (secondary N) is 1. The van der Waals surface area contributed by atoms with Crippen molar-refractivity contribution in [2.75, 3.05) is 11.6 Å². The summed E-state index contributed by atoms with van der Waals surface area (Å²) < 4.78 is 1.10. The van der Waals surface area contributed by atoms with Crippen molar-refractivity contribution < 1.29 is 0 Å². The number of hydrogen-bond acceptors (Lipinski definition) is 2. The molecule has 0 bridgehead atoms. The molecule has 17 heavy (non-hydrogen) atoms. The molecule has 0 radical (unpaired) electrons. The molecule has 0 atom stereocenters. The second kappa shape index (κ2) is 6.12. The van der Waals surface area contributed by atoms with Crippen molar-refractivity contribution >= 4 is 33.4 Å². The lowest BCUT2D eigenvalue weighted by atomic mass is 10.2. The van der Waals surface area contributed by atoms with Gasteiger partial charge in [0.1, 0.15) is 0 Å². The normalized spacial score (nSPS) is 10.2. The molecule has 0 aliphatic carbocycles. The first-order valence-electron chi connectivity index (χ1n) is 5.40. The highest BCUT2D eigenvalue weighted by Crippen LogP contribution is 2.17. The van der Waals surface area contributed by atoms with Crippen LogP contribution in [0, 0.1) is 0 Å². The molecule has 0 spiro atoms. The van der Waals surface area contributed by atoms with Crippen LogP contribution in [0.15, 0.2) is 57.9 Å². The van der Waals surface area contributed by atoms with Crippen LogP contribution in [0.5, 0.6) is 0 Å². The van der Waals surface area contributed by atoms with Gasteiger partial charge in [0, 0.05) is 21.6 Å². The van der Waals surface area contributed by atoms with Gasteiger partial charge in [-0.25, -0.2) is 0 Å². The van der Waals surface area contributed by atoms with Crippen molar-refractivity contribution in [1.82, 2.24) is 0 Å². The number of anilines is 1. The van der Waals surface area contributed by atoms with E-state index in [0.29, 0.717) is 0 Å². The molecule has 2 aromatic carbocycles. The molecule has 3 heteroatoms. The van der Waals surface area contributed by atoms with Gasteiger partial charge in [-0.2, -0.15) is 0 Å². The Balaban J connectivity index is 1.95. The first-order valence-corrected chi connectivity index (χ1v) is 7.42. The van der Waals surface area contributed by atoms with Gasteiger partial charge in [0.05, 0.1) is 0 Å². The minimum atomic E-state index is 0.857. The molecule has 1 N–H and O–H groups in total. The van der Waals surface area contributed by atoms with E-state index in [-0.39, 0.29) is 0 Å². The zero-order chi connectivity index (χ0) is 12.1. The predicted octanol–water partition coefficient (Wildman–Crippen LogP) is 4.78. The van der Waals surface area contributed by atoms with Gasteiger partial charge in [-0.15, -0.1) is 11.8 Å². The number of thioether (sulfide) groups is 1. The monoisotopic (exact) mass is 307 g/mol. The number of halogens is 1. The van der Waals surface area contributed by atoms with E-state index in [0.717, 1.165) is 16.7 Å². The minimum absolute atomic E-state index is 0.857. The molecule has 0 aromatic heterocycles. The van der Waals surface area contributed by atoms with Gasteiger partial charge in [-0.1, -0.05) is 28.1 Å². The van der Waals surface area contributed by atoms with Crippen LogP contribution in [0.3, 0.4) is 0 Å². The van der Waals surface area contributed by atoms with E-state index < -0.39 is 0 Å². The van der Waals surface area contributed by atoms with Crippen molar-refractivity contribution in [3.63, 3.8) is 0 Å². The lowest BCUT2D eigenvalue weighted by Crippen LogP contribution is -1.98. The summed E-state index contributed by atoms with van der Waals surface area (Å²) in [6.07, 6.45) is 2.09. The smallest absolute Gasteiger partial charge is 0.0400 e. The molecule has 0 saturated carbocycles. The lowest BCUT2D eigenvalue weighted by molar-refractivity contribution is 1.14. The summed E-state index contributed by atoms with van der Waals surface area (Å²) in [5.74, 6) is 0. The molecule has 0 aliphatic rings.